The van der Waals surface area contributed by atoms with E-state index in [-0.39, 0.29) is 10.5 Å². The number of hydrogen-bond donors (Lipinski definition) is 1. The smallest absolute Gasteiger partial charge is 0.231 e. The first-order valence-corrected chi connectivity index (χ1v) is 7.45. The van der Waals surface area contributed by atoms with Crippen LogP contribution in [0.15, 0.2) is 29.8 Å². The third-order valence-corrected chi connectivity index (χ3v) is 5.10. The van der Waals surface area contributed by atoms with Crippen LogP contribution in [0.1, 0.15) is 25.7 Å². The number of para-hydroxylation sites is 1. The summed E-state index contributed by atoms with van der Waals surface area (Å²) >= 11 is 0. The fraction of sp³-hybridized carbons (Fsp3) is 0.462. The minimum atomic E-state index is 0.199. The first-order valence-electron chi connectivity index (χ1n) is 6.00. The zero-order valence-electron chi connectivity index (χ0n) is 9.36. The lowest BCUT2D eigenvalue weighted by atomic mass is 10.3. The van der Waals surface area contributed by atoms with Gasteiger partial charge in [-0.2, -0.15) is 4.98 Å². The molecule has 16 heavy (non-hydrogen) atoms. The van der Waals surface area contributed by atoms with Gasteiger partial charge in [0.1, 0.15) is 5.52 Å². The summed E-state index contributed by atoms with van der Waals surface area (Å²) in [5.74, 6) is 1.07. The van der Waals surface area contributed by atoms with Crippen molar-refractivity contribution in [2.45, 2.75) is 37.6 Å². The van der Waals surface area contributed by atoms with Crippen molar-refractivity contribution in [1.82, 2.24) is 10.3 Å². The van der Waals surface area contributed by atoms with Crippen LogP contribution in [0.2, 0.25) is 0 Å². The standard InChI is InChI=1S/C13H17N2S/c1-2-6-11(5-1)14-9-16-10-15-12-7-3-4-8-13(12)16/h3-4,7-8,10-11,14H,1-2,5-6,9H2/q+1. The minimum Gasteiger partial charge on any atom is -0.268 e. The van der Waals surface area contributed by atoms with Crippen molar-refractivity contribution in [3.63, 3.8) is 0 Å². The molecule has 0 aliphatic heterocycles. The Kier molecular flexibility index (Phi) is 2.89. The molecule has 2 aromatic rings. The highest BCUT2D eigenvalue weighted by Gasteiger charge is 2.18. The van der Waals surface area contributed by atoms with Crippen LogP contribution in [0.25, 0.3) is 10.2 Å². The zero-order chi connectivity index (χ0) is 10.8. The molecule has 0 bridgehead atoms. The van der Waals surface area contributed by atoms with Crippen molar-refractivity contribution in [3.05, 3.63) is 29.8 Å². The molecule has 1 fully saturated rings. The van der Waals surface area contributed by atoms with Crippen molar-refractivity contribution < 1.29 is 0 Å². The molecular formula is C13H17N2S+. The van der Waals surface area contributed by atoms with E-state index in [1.54, 1.807) is 0 Å². The number of thiazole rings is 1. The molecule has 1 aliphatic rings. The van der Waals surface area contributed by atoms with E-state index in [9.17, 15) is 0 Å². The van der Waals surface area contributed by atoms with Gasteiger partial charge in [-0.05, 0) is 18.9 Å². The first-order chi connectivity index (χ1) is 7.93. The van der Waals surface area contributed by atoms with Gasteiger partial charge in [-0.3, -0.25) is 5.32 Å². The average molecular weight is 233 g/mol. The number of nitrogens with one attached hydrogen (secondary N) is 1. The Balaban J connectivity index is 1.73. The maximum Gasteiger partial charge on any atom is 0.231 e. The Labute approximate surface area is 98.7 Å². The summed E-state index contributed by atoms with van der Waals surface area (Å²) in [4.78, 5) is 4.47. The maximum absolute atomic E-state index is 4.47. The number of nitrogens with zero attached hydrogens (tertiary/aromatic N) is 1. The predicted molar refractivity (Wildman–Crippen MR) is 69.6 cm³/mol. The summed E-state index contributed by atoms with van der Waals surface area (Å²) in [6.45, 7) is 0. The number of benzene rings is 1. The lowest BCUT2D eigenvalue weighted by Gasteiger charge is -2.06. The summed E-state index contributed by atoms with van der Waals surface area (Å²) in [5, 5.41) is 3.69. The van der Waals surface area contributed by atoms with Gasteiger partial charge in [0.25, 0.3) is 0 Å². The molecular weight excluding hydrogens is 216 g/mol. The molecule has 0 saturated heterocycles. The van der Waals surface area contributed by atoms with E-state index < -0.39 is 0 Å². The van der Waals surface area contributed by atoms with Crippen LogP contribution in [0.4, 0.5) is 0 Å². The van der Waals surface area contributed by atoms with Crippen molar-refractivity contribution in [2.24, 2.45) is 0 Å². The van der Waals surface area contributed by atoms with Crippen molar-refractivity contribution >= 4 is 20.7 Å². The molecule has 1 unspecified atom stereocenters. The fourth-order valence-electron chi connectivity index (χ4n) is 2.42. The molecule has 1 aromatic heterocycles. The summed E-state index contributed by atoms with van der Waals surface area (Å²) in [7, 11) is 0.199. The molecule has 84 valence electrons. The molecule has 0 spiro atoms. The van der Waals surface area contributed by atoms with Crippen LogP contribution >= 0.6 is 10.5 Å². The van der Waals surface area contributed by atoms with Gasteiger partial charge in [0.05, 0.1) is 0 Å². The quantitative estimate of drug-likeness (QED) is 0.821. The zero-order valence-corrected chi connectivity index (χ0v) is 10.2. The Hall–Kier alpha value is -0.930. The van der Waals surface area contributed by atoms with Gasteiger partial charge in [-0.15, -0.1) is 0 Å². The summed E-state index contributed by atoms with van der Waals surface area (Å²) in [6, 6.07) is 9.25. The van der Waals surface area contributed by atoms with Crippen LogP contribution < -0.4 is 5.32 Å². The minimum absolute atomic E-state index is 0.199. The monoisotopic (exact) mass is 233 g/mol. The Morgan fingerprint density at radius 2 is 2.06 bits per heavy atom. The Morgan fingerprint density at radius 1 is 1.25 bits per heavy atom. The van der Waals surface area contributed by atoms with Crippen LogP contribution in [-0.2, 0) is 5.88 Å². The average Bonchev–Trinajstić information content (AvgIpc) is 2.96. The molecule has 1 aliphatic carbocycles. The molecule has 1 N–H and O–H groups in total. The van der Waals surface area contributed by atoms with E-state index in [1.165, 1.54) is 35.9 Å². The van der Waals surface area contributed by atoms with Crippen molar-refractivity contribution in [3.8, 4) is 0 Å². The van der Waals surface area contributed by atoms with Gasteiger partial charge < -0.3 is 0 Å². The largest absolute Gasteiger partial charge is 0.268 e. The van der Waals surface area contributed by atoms with Crippen molar-refractivity contribution in [2.75, 3.05) is 0 Å². The van der Waals surface area contributed by atoms with Crippen LogP contribution in [0.3, 0.4) is 0 Å². The summed E-state index contributed by atoms with van der Waals surface area (Å²) < 4.78 is 1.41. The third kappa shape index (κ3) is 1.97. The highest BCUT2D eigenvalue weighted by molar-refractivity contribution is 7.34. The number of aromatic nitrogens is 1. The highest BCUT2D eigenvalue weighted by atomic mass is 32.2. The highest BCUT2D eigenvalue weighted by Crippen LogP contribution is 2.29. The molecule has 3 heteroatoms. The van der Waals surface area contributed by atoms with Crippen LogP contribution in [0, 0.1) is 0 Å². The lowest BCUT2D eigenvalue weighted by Crippen LogP contribution is -2.23. The first kappa shape index (κ1) is 10.2. The van der Waals surface area contributed by atoms with Crippen LogP contribution in [-0.4, -0.2) is 11.0 Å². The Morgan fingerprint density at radius 3 is 2.94 bits per heavy atom. The topological polar surface area (TPSA) is 24.9 Å². The Bertz CT molecular complexity index is 471. The molecule has 0 radical (unpaired) electrons. The van der Waals surface area contributed by atoms with E-state index in [0.29, 0.717) is 0 Å². The molecule has 1 saturated carbocycles. The van der Waals surface area contributed by atoms with Gasteiger partial charge in [-0.1, -0.05) is 25.0 Å². The van der Waals surface area contributed by atoms with E-state index in [1.807, 2.05) is 0 Å². The summed E-state index contributed by atoms with van der Waals surface area (Å²) in [6.07, 6.45) is 5.51. The number of rotatable bonds is 3. The van der Waals surface area contributed by atoms with E-state index in [2.05, 4.69) is 40.1 Å². The number of hydrogen-bond acceptors (Lipinski definition) is 2. The molecule has 3 rings (SSSR count). The second-order valence-corrected chi connectivity index (χ2v) is 6.26. The molecule has 0 amide bonds. The predicted octanol–water partition coefficient (Wildman–Crippen LogP) is 3.47. The van der Waals surface area contributed by atoms with Gasteiger partial charge in [0.2, 0.25) is 10.2 Å². The molecule has 1 atom stereocenters. The SMILES string of the molecule is c1ccc2c(c1)nc[s+]2CNC1CCCC1. The second-order valence-electron chi connectivity index (χ2n) is 4.46. The molecule has 2 nitrogen and oxygen atoms in total. The van der Waals surface area contributed by atoms with Gasteiger partial charge in [-0.25, -0.2) is 0 Å². The van der Waals surface area contributed by atoms with Crippen molar-refractivity contribution in [1.29, 1.82) is 0 Å². The molecule has 1 heterocycles. The lowest BCUT2D eigenvalue weighted by molar-refractivity contribution is 0.549. The second kappa shape index (κ2) is 4.52. The van der Waals surface area contributed by atoms with Gasteiger partial charge in [0, 0.05) is 22.6 Å². The molecule has 1 aromatic carbocycles. The van der Waals surface area contributed by atoms with Gasteiger partial charge >= 0.3 is 0 Å². The normalized spacial score (nSPS) is 18.4. The maximum atomic E-state index is 4.47. The third-order valence-electron chi connectivity index (χ3n) is 3.35. The number of fused-ring (bicyclic) bond motifs is 1. The van der Waals surface area contributed by atoms with Gasteiger partial charge in [0.15, 0.2) is 5.88 Å². The summed E-state index contributed by atoms with van der Waals surface area (Å²) in [5.41, 5.74) is 3.28. The van der Waals surface area contributed by atoms with Crippen LogP contribution in [0.5, 0.6) is 0 Å². The van der Waals surface area contributed by atoms with E-state index in [4.69, 9.17) is 0 Å². The fourth-order valence-corrected chi connectivity index (χ4v) is 4.06. The van der Waals surface area contributed by atoms with E-state index >= 15 is 0 Å². The van der Waals surface area contributed by atoms with E-state index in [0.717, 1.165) is 11.9 Å².